The Balaban J connectivity index is 1.66. The molecule has 25 heavy (non-hydrogen) atoms. The molecule has 0 aliphatic carbocycles. The van der Waals surface area contributed by atoms with E-state index < -0.39 is 5.91 Å². The molecule has 2 aromatic heterocycles. The van der Waals surface area contributed by atoms with E-state index in [-0.39, 0.29) is 17.7 Å². The van der Waals surface area contributed by atoms with Crippen LogP contribution >= 0.6 is 0 Å². The molecule has 8 heteroatoms. The zero-order chi connectivity index (χ0) is 17.8. The van der Waals surface area contributed by atoms with E-state index in [0.717, 1.165) is 18.5 Å². The van der Waals surface area contributed by atoms with Gasteiger partial charge in [0.2, 0.25) is 0 Å². The normalized spacial score (nSPS) is 17.2. The topological polar surface area (TPSA) is 111 Å². The summed E-state index contributed by atoms with van der Waals surface area (Å²) in [6, 6.07) is 3.17. The minimum absolute atomic E-state index is 0.149. The molecular formula is C17H19N5O3. The number of carbonyl (C=O) groups excluding carboxylic acids is 2. The van der Waals surface area contributed by atoms with E-state index in [0.29, 0.717) is 24.5 Å². The van der Waals surface area contributed by atoms with Crippen molar-refractivity contribution in [2.75, 3.05) is 13.1 Å². The molecular weight excluding hydrogens is 322 g/mol. The molecule has 0 aromatic carbocycles. The van der Waals surface area contributed by atoms with Gasteiger partial charge in [-0.25, -0.2) is 4.98 Å². The monoisotopic (exact) mass is 341 g/mol. The van der Waals surface area contributed by atoms with Crippen LogP contribution in [0.15, 0.2) is 30.7 Å². The number of pyridine rings is 1. The van der Waals surface area contributed by atoms with Gasteiger partial charge in [-0.1, -0.05) is 0 Å². The quantitative estimate of drug-likeness (QED) is 0.887. The van der Waals surface area contributed by atoms with Gasteiger partial charge in [0.25, 0.3) is 11.8 Å². The van der Waals surface area contributed by atoms with E-state index in [1.165, 1.54) is 18.5 Å². The Labute approximate surface area is 145 Å². The van der Waals surface area contributed by atoms with E-state index in [1.807, 2.05) is 6.92 Å². The van der Waals surface area contributed by atoms with Crippen LogP contribution < -0.4 is 10.5 Å². The van der Waals surface area contributed by atoms with Gasteiger partial charge >= 0.3 is 0 Å². The lowest BCUT2D eigenvalue weighted by Gasteiger charge is -2.32. The number of rotatable bonds is 4. The Kier molecular flexibility index (Phi) is 4.87. The van der Waals surface area contributed by atoms with Crippen molar-refractivity contribution >= 4 is 11.8 Å². The van der Waals surface area contributed by atoms with E-state index in [1.54, 1.807) is 17.2 Å². The number of ether oxygens (including phenoxy) is 1. The summed E-state index contributed by atoms with van der Waals surface area (Å²) >= 11 is 0. The van der Waals surface area contributed by atoms with Crippen molar-refractivity contribution < 1.29 is 14.3 Å². The molecule has 2 N–H and O–H groups in total. The molecule has 1 aliphatic rings. The number of nitrogens with zero attached hydrogens (tertiary/aromatic N) is 4. The number of amides is 2. The number of nitrogens with two attached hydrogens (primary N) is 1. The number of aryl methyl sites for hydroxylation is 1. The Morgan fingerprint density at radius 1 is 1.24 bits per heavy atom. The average Bonchev–Trinajstić information content (AvgIpc) is 2.62. The summed E-state index contributed by atoms with van der Waals surface area (Å²) in [7, 11) is 0. The maximum absolute atomic E-state index is 12.5. The highest BCUT2D eigenvalue weighted by Gasteiger charge is 2.26. The van der Waals surface area contributed by atoms with Crippen LogP contribution in [-0.2, 0) is 0 Å². The van der Waals surface area contributed by atoms with Gasteiger partial charge in [-0.2, -0.15) is 0 Å². The zero-order valence-corrected chi connectivity index (χ0v) is 13.9. The molecule has 0 spiro atoms. The fourth-order valence-electron chi connectivity index (χ4n) is 2.70. The molecule has 1 atom stereocenters. The zero-order valence-electron chi connectivity index (χ0n) is 13.9. The summed E-state index contributed by atoms with van der Waals surface area (Å²) < 4.78 is 5.90. The van der Waals surface area contributed by atoms with Crippen molar-refractivity contribution in [1.29, 1.82) is 0 Å². The highest BCUT2D eigenvalue weighted by Crippen LogP contribution is 2.19. The predicted molar refractivity (Wildman–Crippen MR) is 89.1 cm³/mol. The van der Waals surface area contributed by atoms with Crippen LogP contribution in [0.2, 0.25) is 0 Å². The third-order valence-electron chi connectivity index (χ3n) is 3.95. The van der Waals surface area contributed by atoms with Gasteiger partial charge in [0.15, 0.2) is 0 Å². The maximum Gasteiger partial charge on any atom is 0.274 e. The highest BCUT2D eigenvalue weighted by atomic mass is 16.5. The van der Waals surface area contributed by atoms with Crippen LogP contribution in [0.4, 0.5) is 0 Å². The van der Waals surface area contributed by atoms with E-state index >= 15 is 0 Å². The Hall–Kier alpha value is -3.03. The van der Waals surface area contributed by atoms with Crippen molar-refractivity contribution in [2.45, 2.75) is 25.9 Å². The van der Waals surface area contributed by atoms with Crippen LogP contribution in [0, 0.1) is 6.92 Å². The second kappa shape index (κ2) is 7.25. The molecule has 2 amide bonds. The molecule has 1 saturated heterocycles. The number of likely N-dealkylation sites (tertiary alicyclic amines) is 1. The highest BCUT2D eigenvalue weighted by molar-refractivity contribution is 5.92. The fraction of sp³-hybridized carbons (Fsp3) is 0.353. The van der Waals surface area contributed by atoms with Gasteiger partial charge < -0.3 is 15.4 Å². The Morgan fingerprint density at radius 3 is 2.80 bits per heavy atom. The molecule has 1 aliphatic heterocycles. The second-order valence-electron chi connectivity index (χ2n) is 5.92. The molecule has 1 unspecified atom stereocenters. The van der Waals surface area contributed by atoms with Gasteiger partial charge in [0, 0.05) is 25.0 Å². The number of carbonyl (C=O) groups is 2. The lowest BCUT2D eigenvalue weighted by Crippen LogP contribution is -2.44. The van der Waals surface area contributed by atoms with Crippen LogP contribution in [-0.4, -0.2) is 50.9 Å². The SMILES string of the molecule is Cc1cnc(C(=O)N2CCCC(Oc3ccnc(C(N)=O)c3)C2)cn1. The molecule has 3 rings (SSSR count). The summed E-state index contributed by atoms with van der Waals surface area (Å²) in [6.45, 7) is 2.92. The number of piperidine rings is 1. The van der Waals surface area contributed by atoms with Gasteiger partial charge in [-0.05, 0) is 25.8 Å². The Morgan fingerprint density at radius 2 is 2.08 bits per heavy atom. The van der Waals surface area contributed by atoms with Crippen molar-refractivity contribution in [3.05, 3.63) is 47.8 Å². The fourth-order valence-corrected chi connectivity index (χ4v) is 2.70. The lowest BCUT2D eigenvalue weighted by atomic mass is 10.1. The molecule has 2 aromatic rings. The maximum atomic E-state index is 12.5. The van der Waals surface area contributed by atoms with Crippen LogP contribution in [0.5, 0.6) is 5.75 Å². The number of aromatic nitrogens is 3. The standard InChI is InChI=1S/C17H19N5O3/c1-11-8-21-15(9-20-11)17(24)22-6-2-3-13(10-22)25-12-4-5-19-14(7-12)16(18)23/h4-5,7-9,13H,2-3,6,10H2,1H3,(H2,18,23). The van der Waals surface area contributed by atoms with Gasteiger partial charge in [0.05, 0.1) is 18.4 Å². The first-order valence-electron chi connectivity index (χ1n) is 8.03. The van der Waals surface area contributed by atoms with Crippen LogP contribution in [0.25, 0.3) is 0 Å². The minimum Gasteiger partial charge on any atom is -0.488 e. The molecule has 1 fully saturated rings. The minimum atomic E-state index is -0.608. The smallest absolute Gasteiger partial charge is 0.274 e. The van der Waals surface area contributed by atoms with Gasteiger partial charge in [-0.3, -0.25) is 19.6 Å². The van der Waals surface area contributed by atoms with E-state index in [4.69, 9.17) is 10.5 Å². The third kappa shape index (κ3) is 4.09. The summed E-state index contributed by atoms with van der Waals surface area (Å²) in [4.78, 5) is 37.6. The van der Waals surface area contributed by atoms with E-state index in [2.05, 4.69) is 15.0 Å². The van der Waals surface area contributed by atoms with Crippen molar-refractivity contribution in [2.24, 2.45) is 5.73 Å². The van der Waals surface area contributed by atoms with Crippen molar-refractivity contribution in [1.82, 2.24) is 19.9 Å². The third-order valence-corrected chi connectivity index (χ3v) is 3.95. The number of hydrogen-bond donors (Lipinski definition) is 1. The molecule has 0 radical (unpaired) electrons. The van der Waals surface area contributed by atoms with Gasteiger partial charge in [-0.15, -0.1) is 0 Å². The molecule has 0 saturated carbocycles. The first-order chi connectivity index (χ1) is 12.0. The van der Waals surface area contributed by atoms with E-state index in [9.17, 15) is 9.59 Å². The number of hydrogen-bond acceptors (Lipinski definition) is 6. The summed E-state index contributed by atoms with van der Waals surface area (Å²) in [6.07, 6.45) is 6.01. The van der Waals surface area contributed by atoms with Crippen molar-refractivity contribution in [3.8, 4) is 5.75 Å². The van der Waals surface area contributed by atoms with Crippen molar-refractivity contribution in [3.63, 3.8) is 0 Å². The Bertz CT molecular complexity index is 778. The first kappa shape index (κ1) is 16.8. The van der Waals surface area contributed by atoms with Crippen LogP contribution in [0.1, 0.15) is 39.5 Å². The summed E-state index contributed by atoms with van der Waals surface area (Å²) in [5.74, 6) is -0.254. The predicted octanol–water partition coefficient (Wildman–Crippen LogP) is 0.963. The molecule has 8 nitrogen and oxygen atoms in total. The molecule has 3 heterocycles. The largest absolute Gasteiger partial charge is 0.488 e. The molecule has 130 valence electrons. The van der Waals surface area contributed by atoms with Crippen LogP contribution in [0.3, 0.4) is 0 Å². The van der Waals surface area contributed by atoms with Gasteiger partial charge in [0.1, 0.15) is 23.2 Å². The number of primary amides is 1. The molecule has 0 bridgehead atoms. The summed E-state index contributed by atoms with van der Waals surface area (Å²) in [5.41, 5.74) is 6.47. The second-order valence-corrected chi connectivity index (χ2v) is 5.92. The first-order valence-corrected chi connectivity index (χ1v) is 8.03. The average molecular weight is 341 g/mol. The lowest BCUT2D eigenvalue weighted by molar-refractivity contribution is 0.0532. The summed E-state index contributed by atoms with van der Waals surface area (Å²) in [5, 5.41) is 0.